The van der Waals surface area contributed by atoms with E-state index in [4.69, 9.17) is 0 Å². The summed E-state index contributed by atoms with van der Waals surface area (Å²) in [6.07, 6.45) is 13.7. The predicted octanol–water partition coefficient (Wildman–Crippen LogP) is 7.88. The second-order valence-corrected chi connectivity index (χ2v) is 7.44. The van der Waals surface area contributed by atoms with Gasteiger partial charge in [-0.05, 0) is 68.1 Å². The first kappa shape index (κ1) is 20.2. The van der Waals surface area contributed by atoms with Crippen molar-refractivity contribution in [3.63, 3.8) is 0 Å². The average Bonchev–Trinajstić information content (AvgIpc) is 2.65. The molecule has 26 heavy (non-hydrogen) atoms. The summed E-state index contributed by atoms with van der Waals surface area (Å²) in [5.74, 6) is 1.25. The Labute approximate surface area is 160 Å². The molecule has 0 bridgehead atoms. The van der Waals surface area contributed by atoms with E-state index in [9.17, 15) is 0 Å². The van der Waals surface area contributed by atoms with Crippen LogP contribution in [0, 0.1) is 13.8 Å². The molecule has 0 radical (unpaired) electrons. The minimum atomic E-state index is 0.621. The summed E-state index contributed by atoms with van der Waals surface area (Å²) in [6, 6.07) is 17.7. The Bertz CT molecular complexity index is 703. The lowest BCUT2D eigenvalue weighted by atomic mass is 9.92. The molecule has 0 aliphatic heterocycles. The number of hydrogen-bond donors (Lipinski definition) is 0. The molecule has 2 aromatic carbocycles. The molecule has 0 aromatic heterocycles. The summed E-state index contributed by atoms with van der Waals surface area (Å²) >= 11 is 0. The van der Waals surface area contributed by atoms with E-state index in [0.29, 0.717) is 11.8 Å². The molecule has 0 heterocycles. The summed E-state index contributed by atoms with van der Waals surface area (Å²) in [7, 11) is 0. The maximum Gasteiger partial charge on any atom is -0.0130 e. The fourth-order valence-corrected chi connectivity index (χ4v) is 3.51. The van der Waals surface area contributed by atoms with Crippen molar-refractivity contribution in [1.82, 2.24) is 0 Å². The molecule has 0 fully saturated rings. The van der Waals surface area contributed by atoms with Gasteiger partial charge in [-0.2, -0.15) is 0 Å². The zero-order valence-electron chi connectivity index (χ0n) is 16.9. The summed E-state index contributed by atoms with van der Waals surface area (Å²) in [6.45, 7) is 8.97. The fourth-order valence-electron chi connectivity index (χ4n) is 3.51. The predicted molar refractivity (Wildman–Crippen MR) is 116 cm³/mol. The molecule has 0 heteroatoms. The first-order valence-electron chi connectivity index (χ1n) is 10.1. The van der Waals surface area contributed by atoms with Gasteiger partial charge in [-0.3, -0.25) is 0 Å². The molecular weight excluding hydrogens is 312 g/mol. The molecule has 0 saturated carbocycles. The molecule has 0 nitrogen and oxygen atoms in total. The second kappa shape index (κ2) is 10.8. The van der Waals surface area contributed by atoms with Crippen molar-refractivity contribution in [3.05, 3.63) is 95.1 Å². The van der Waals surface area contributed by atoms with Gasteiger partial charge in [0.25, 0.3) is 0 Å². The van der Waals surface area contributed by atoms with Crippen LogP contribution in [0.25, 0.3) is 0 Å². The molecular formula is C26H34. The van der Waals surface area contributed by atoms with E-state index in [2.05, 4.69) is 101 Å². The summed E-state index contributed by atoms with van der Waals surface area (Å²) < 4.78 is 0. The van der Waals surface area contributed by atoms with Crippen LogP contribution < -0.4 is 0 Å². The number of benzene rings is 2. The summed E-state index contributed by atoms with van der Waals surface area (Å²) in [5, 5.41) is 0. The molecule has 2 rings (SSSR count). The van der Waals surface area contributed by atoms with Gasteiger partial charge in [0.05, 0.1) is 0 Å². The molecule has 2 atom stereocenters. The van der Waals surface area contributed by atoms with Crippen LogP contribution in [0.2, 0.25) is 0 Å². The van der Waals surface area contributed by atoms with Crippen LogP contribution in [0.1, 0.15) is 73.6 Å². The van der Waals surface area contributed by atoms with Gasteiger partial charge in [0.2, 0.25) is 0 Å². The van der Waals surface area contributed by atoms with Gasteiger partial charge in [-0.25, -0.2) is 0 Å². The first-order chi connectivity index (χ1) is 12.6. The van der Waals surface area contributed by atoms with Crippen LogP contribution >= 0.6 is 0 Å². The monoisotopic (exact) mass is 346 g/mol. The van der Waals surface area contributed by atoms with E-state index in [1.54, 1.807) is 0 Å². The van der Waals surface area contributed by atoms with Gasteiger partial charge in [0, 0.05) is 0 Å². The van der Waals surface area contributed by atoms with E-state index < -0.39 is 0 Å². The molecule has 0 aliphatic rings. The standard InChI is InChI=1S/C26H34/c1-5-24(25-19-17-21(2)18-20-25)15-10-8-6-7-9-13-22(3)26-16-12-11-14-23(26)4/h6-8,10-12,14,16-20,22,24H,5,9,13,15H2,1-4H3. The summed E-state index contributed by atoms with van der Waals surface area (Å²) in [4.78, 5) is 0. The highest BCUT2D eigenvalue weighted by atomic mass is 14.1. The molecule has 0 N–H and O–H groups in total. The van der Waals surface area contributed by atoms with Crippen LogP contribution in [-0.4, -0.2) is 0 Å². The quantitative estimate of drug-likeness (QED) is 0.405. The van der Waals surface area contributed by atoms with Gasteiger partial charge < -0.3 is 0 Å². The third-order valence-electron chi connectivity index (χ3n) is 5.33. The van der Waals surface area contributed by atoms with E-state index in [0.717, 1.165) is 12.8 Å². The Morgan fingerprint density at radius 1 is 0.885 bits per heavy atom. The lowest BCUT2D eigenvalue weighted by Gasteiger charge is -2.13. The minimum absolute atomic E-state index is 0.621. The number of allylic oxidation sites excluding steroid dienone is 4. The average molecular weight is 347 g/mol. The molecule has 0 aliphatic carbocycles. The van der Waals surface area contributed by atoms with Crippen LogP contribution in [0.15, 0.2) is 72.8 Å². The smallest absolute Gasteiger partial charge is 0.0130 e. The Kier molecular flexibility index (Phi) is 8.41. The largest absolute Gasteiger partial charge is 0.0845 e. The number of hydrogen-bond acceptors (Lipinski definition) is 0. The molecule has 2 unspecified atom stereocenters. The number of rotatable bonds is 9. The van der Waals surface area contributed by atoms with Crippen molar-refractivity contribution in [2.45, 2.75) is 65.2 Å². The highest BCUT2D eigenvalue weighted by molar-refractivity contribution is 5.28. The minimum Gasteiger partial charge on any atom is -0.0845 e. The van der Waals surface area contributed by atoms with Crippen molar-refractivity contribution in [2.75, 3.05) is 0 Å². The van der Waals surface area contributed by atoms with Crippen LogP contribution in [0.3, 0.4) is 0 Å². The van der Waals surface area contributed by atoms with E-state index in [-0.39, 0.29) is 0 Å². The second-order valence-electron chi connectivity index (χ2n) is 7.44. The molecule has 0 saturated heterocycles. The fraction of sp³-hybridized carbons (Fsp3) is 0.385. The van der Waals surface area contributed by atoms with Gasteiger partial charge in [0.1, 0.15) is 0 Å². The van der Waals surface area contributed by atoms with E-state index in [1.165, 1.54) is 35.1 Å². The van der Waals surface area contributed by atoms with Crippen molar-refractivity contribution in [1.29, 1.82) is 0 Å². The third-order valence-corrected chi connectivity index (χ3v) is 5.33. The molecule has 2 aromatic rings. The highest BCUT2D eigenvalue weighted by Crippen LogP contribution is 2.25. The topological polar surface area (TPSA) is 0 Å². The maximum atomic E-state index is 2.33. The SMILES string of the molecule is CCC(CC=CC=CCCC(C)c1ccccc1C)c1ccc(C)cc1. The maximum absolute atomic E-state index is 2.33. The Balaban J connectivity index is 1.75. The van der Waals surface area contributed by atoms with E-state index in [1.807, 2.05) is 0 Å². The van der Waals surface area contributed by atoms with Gasteiger partial charge >= 0.3 is 0 Å². The van der Waals surface area contributed by atoms with Gasteiger partial charge in [-0.15, -0.1) is 0 Å². The van der Waals surface area contributed by atoms with Crippen LogP contribution in [0.4, 0.5) is 0 Å². The van der Waals surface area contributed by atoms with Crippen LogP contribution in [-0.2, 0) is 0 Å². The Hall–Kier alpha value is -2.08. The Morgan fingerprint density at radius 3 is 2.27 bits per heavy atom. The van der Waals surface area contributed by atoms with E-state index >= 15 is 0 Å². The molecule has 0 spiro atoms. The van der Waals surface area contributed by atoms with Gasteiger partial charge in [-0.1, -0.05) is 92.2 Å². The first-order valence-corrected chi connectivity index (χ1v) is 10.1. The van der Waals surface area contributed by atoms with Gasteiger partial charge in [0.15, 0.2) is 0 Å². The number of aryl methyl sites for hydroxylation is 2. The highest BCUT2D eigenvalue weighted by Gasteiger charge is 2.07. The van der Waals surface area contributed by atoms with Crippen molar-refractivity contribution in [3.8, 4) is 0 Å². The molecule has 0 amide bonds. The van der Waals surface area contributed by atoms with Crippen molar-refractivity contribution >= 4 is 0 Å². The molecule has 138 valence electrons. The van der Waals surface area contributed by atoms with Crippen LogP contribution in [0.5, 0.6) is 0 Å². The Morgan fingerprint density at radius 2 is 1.58 bits per heavy atom. The summed E-state index contributed by atoms with van der Waals surface area (Å²) in [5.41, 5.74) is 5.69. The van der Waals surface area contributed by atoms with Crippen molar-refractivity contribution in [2.24, 2.45) is 0 Å². The zero-order chi connectivity index (χ0) is 18.8. The normalized spacial score (nSPS) is 14.2. The third kappa shape index (κ3) is 6.33. The lowest BCUT2D eigenvalue weighted by molar-refractivity contribution is 0.674. The lowest BCUT2D eigenvalue weighted by Crippen LogP contribution is -1.95. The zero-order valence-corrected chi connectivity index (χ0v) is 16.9. The van der Waals surface area contributed by atoms with Crippen molar-refractivity contribution < 1.29 is 0 Å².